The van der Waals surface area contributed by atoms with Crippen molar-refractivity contribution in [2.75, 3.05) is 19.7 Å². The maximum Gasteiger partial charge on any atom is 0.240 e. The van der Waals surface area contributed by atoms with Gasteiger partial charge < -0.3 is 14.7 Å². The number of amides is 1. The van der Waals surface area contributed by atoms with Crippen LogP contribution in [0.1, 0.15) is 12.5 Å². The van der Waals surface area contributed by atoms with Gasteiger partial charge in [-0.1, -0.05) is 30.3 Å². The molecule has 1 fully saturated rings. The SMILES string of the molecule is CC1CN(C(=O)C(C#N)Cc2ccccc2)CC(CO)O1. The second-order valence-electron chi connectivity index (χ2n) is 5.37. The topological polar surface area (TPSA) is 73.6 Å². The summed E-state index contributed by atoms with van der Waals surface area (Å²) < 4.78 is 5.52. The molecule has 1 aromatic carbocycles. The number of benzene rings is 1. The minimum atomic E-state index is -0.697. The molecule has 1 N–H and O–H groups in total. The Labute approximate surface area is 124 Å². The van der Waals surface area contributed by atoms with Crippen LogP contribution < -0.4 is 0 Å². The molecule has 0 spiro atoms. The van der Waals surface area contributed by atoms with Crippen LogP contribution in [0.5, 0.6) is 0 Å². The van der Waals surface area contributed by atoms with Crippen molar-refractivity contribution >= 4 is 5.91 Å². The summed E-state index contributed by atoms with van der Waals surface area (Å²) in [5, 5.41) is 18.5. The van der Waals surface area contributed by atoms with Crippen LogP contribution in [0.4, 0.5) is 0 Å². The molecule has 1 saturated heterocycles. The number of carbonyl (C=O) groups excluding carboxylic acids is 1. The van der Waals surface area contributed by atoms with E-state index in [0.717, 1.165) is 5.56 Å². The Morgan fingerprint density at radius 3 is 2.81 bits per heavy atom. The van der Waals surface area contributed by atoms with E-state index >= 15 is 0 Å². The van der Waals surface area contributed by atoms with E-state index in [0.29, 0.717) is 19.5 Å². The molecule has 0 aromatic heterocycles. The third kappa shape index (κ3) is 4.03. The molecule has 5 nitrogen and oxygen atoms in total. The number of hydrogen-bond acceptors (Lipinski definition) is 4. The molecule has 1 aromatic rings. The number of ether oxygens (including phenoxy) is 1. The second-order valence-corrected chi connectivity index (χ2v) is 5.37. The monoisotopic (exact) mass is 288 g/mol. The van der Waals surface area contributed by atoms with Crippen LogP contribution in [0.3, 0.4) is 0 Å². The molecule has 0 radical (unpaired) electrons. The van der Waals surface area contributed by atoms with E-state index in [1.54, 1.807) is 4.90 Å². The van der Waals surface area contributed by atoms with Crippen LogP contribution in [0.15, 0.2) is 30.3 Å². The first-order valence-electron chi connectivity index (χ1n) is 7.12. The highest BCUT2D eigenvalue weighted by Gasteiger charge is 2.31. The lowest BCUT2D eigenvalue weighted by Crippen LogP contribution is -2.52. The molecule has 3 atom stereocenters. The fourth-order valence-electron chi connectivity index (χ4n) is 2.58. The van der Waals surface area contributed by atoms with Gasteiger partial charge in [0.15, 0.2) is 0 Å². The molecule has 1 amide bonds. The number of hydrogen-bond donors (Lipinski definition) is 1. The molecule has 21 heavy (non-hydrogen) atoms. The van der Waals surface area contributed by atoms with Crippen LogP contribution in [0, 0.1) is 17.2 Å². The Balaban J connectivity index is 2.04. The number of aliphatic hydroxyl groups excluding tert-OH is 1. The smallest absolute Gasteiger partial charge is 0.240 e. The van der Waals surface area contributed by atoms with Crippen molar-refractivity contribution in [1.82, 2.24) is 4.90 Å². The molecule has 1 aliphatic heterocycles. The molecule has 3 unspecified atom stereocenters. The van der Waals surface area contributed by atoms with Crippen LogP contribution >= 0.6 is 0 Å². The van der Waals surface area contributed by atoms with E-state index in [2.05, 4.69) is 6.07 Å². The van der Waals surface area contributed by atoms with Gasteiger partial charge in [-0.15, -0.1) is 0 Å². The van der Waals surface area contributed by atoms with Crippen LogP contribution in [-0.4, -0.2) is 47.8 Å². The average Bonchev–Trinajstić information content (AvgIpc) is 2.52. The van der Waals surface area contributed by atoms with Crippen LogP contribution in [0.25, 0.3) is 0 Å². The maximum absolute atomic E-state index is 12.5. The Hall–Kier alpha value is -1.90. The van der Waals surface area contributed by atoms with Gasteiger partial charge in [-0.3, -0.25) is 4.79 Å². The lowest BCUT2D eigenvalue weighted by atomic mass is 9.98. The summed E-state index contributed by atoms with van der Waals surface area (Å²) in [6, 6.07) is 11.6. The summed E-state index contributed by atoms with van der Waals surface area (Å²) in [6.07, 6.45) is -0.0872. The Morgan fingerprint density at radius 2 is 2.19 bits per heavy atom. The normalized spacial score (nSPS) is 23.4. The first kappa shape index (κ1) is 15.5. The molecule has 112 valence electrons. The van der Waals surface area contributed by atoms with Gasteiger partial charge in [0.25, 0.3) is 0 Å². The zero-order chi connectivity index (χ0) is 15.2. The molecule has 2 rings (SSSR count). The number of rotatable bonds is 4. The van der Waals surface area contributed by atoms with E-state index in [-0.39, 0.29) is 24.7 Å². The fraction of sp³-hybridized carbons (Fsp3) is 0.500. The highest BCUT2D eigenvalue weighted by atomic mass is 16.5. The third-order valence-corrected chi connectivity index (χ3v) is 3.58. The number of aliphatic hydroxyl groups is 1. The van der Waals surface area contributed by atoms with Gasteiger partial charge >= 0.3 is 0 Å². The van der Waals surface area contributed by atoms with E-state index in [4.69, 9.17) is 4.74 Å². The Morgan fingerprint density at radius 1 is 1.48 bits per heavy atom. The van der Waals surface area contributed by atoms with Crippen molar-refractivity contribution in [3.05, 3.63) is 35.9 Å². The summed E-state index contributed by atoms with van der Waals surface area (Å²) in [4.78, 5) is 14.1. The average molecular weight is 288 g/mol. The number of carbonyl (C=O) groups is 1. The van der Waals surface area contributed by atoms with Gasteiger partial charge in [0, 0.05) is 13.1 Å². The summed E-state index contributed by atoms with van der Waals surface area (Å²) >= 11 is 0. The predicted octanol–water partition coefficient (Wildman–Crippen LogP) is 0.977. The third-order valence-electron chi connectivity index (χ3n) is 3.58. The quantitative estimate of drug-likeness (QED) is 0.896. The number of nitriles is 1. The van der Waals surface area contributed by atoms with E-state index in [9.17, 15) is 15.2 Å². The van der Waals surface area contributed by atoms with E-state index in [1.807, 2.05) is 37.3 Å². The molecular weight excluding hydrogens is 268 g/mol. The minimum Gasteiger partial charge on any atom is -0.394 e. The largest absolute Gasteiger partial charge is 0.394 e. The minimum absolute atomic E-state index is 0.121. The van der Waals surface area contributed by atoms with Gasteiger partial charge in [0.2, 0.25) is 5.91 Å². The van der Waals surface area contributed by atoms with E-state index < -0.39 is 5.92 Å². The first-order valence-corrected chi connectivity index (χ1v) is 7.12. The first-order chi connectivity index (χ1) is 10.1. The zero-order valence-corrected chi connectivity index (χ0v) is 12.1. The van der Waals surface area contributed by atoms with Gasteiger partial charge in [0.1, 0.15) is 5.92 Å². The Bertz CT molecular complexity index is 512. The lowest BCUT2D eigenvalue weighted by molar-refractivity contribution is -0.149. The molecule has 0 saturated carbocycles. The molecule has 1 heterocycles. The highest BCUT2D eigenvalue weighted by molar-refractivity contribution is 5.81. The van der Waals surface area contributed by atoms with Crippen molar-refractivity contribution in [3.63, 3.8) is 0 Å². The fourth-order valence-corrected chi connectivity index (χ4v) is 2.58. The summed E-state index contributed by atoms with van der Waals surface area (Å²) in [5.41, 5.74) is 0.970. The second kappa shape index (κ2) is 7.21. The molecular formula is C16H20N2O3. The summed E-state index contributed by atoms with van der Waals surface area (Å²) in [5.74, 6) is -0.882. The molecule has 1 aliphatic rings. The van der Waals surface area contributed by atoms with Crippen molar-refractivity contribution < 1.29 is 14.6 Å². The lowest BCUT2D eigenvalue weighted by Gasteiger charge is -2.36. The van der Waals surface area contributed by atoms with E-state index in [1.165, 1.54) is 0 Å². The highest BCUT2D eigenvalue weighted by Crippen LogP contribution is 2.16. The van der Waals surface area contributed by atoms with Crippen molar-refractivity contribution in [2.45, 2.75) is 25.6 Å². The van der Waals surface area contributed by atoms with Crippen molar-refractivity contribution in [1.29, 1.82) is 5.26 Å². The molecule has 0 bridgehead atoms. The molecule has 0 aliphatic carbocycles. The Kier molecular flexibility index (Phi) is 5.32. The summed E-state index contributed by atoms with van der Waals surface area (Å²) in [7, 11) is 0. The van der Waals surface area contributed by atoms with Gasteiger partial charge in [-0.05, 0) is 18.9 Å². The maximum atomic E-state index is 12.5. The zero-order valence-electron chi connectivity index (χ0n) is 12.1. The van der Waals surface area contributed by atoms with Crippen LogP contribution in [-0.2, 0) is 16.0 Å². The predicted molar refractivity (Wildman–Crippen MR) is 77.2 cm³/mol. The number of morpholine rings is 1. The number of nitrogens with zero attached hydrogens (tertiary/aromatic N) is 2. The summed E-state index contributed by atoms with van der Waals surface area (Å²) in [6.45, 7) is 2.54. The van der Waals surface area contributed by atoms with Gasteiger partial charge in [0.05, 0.1) is 24.9 Å². The van der Waals surface area contributed by atoms with Gasteiger partial charge in [-0.25, -0.2) is 0 Å². The van der Waals surface area contributed by atoms with Crippen LogP contribution in [0.2, 0.25) is 0 Å². The van der Waals surface area contributed by atoms with Gasteiger partial charge in [-0.2, -0.15) is 5.26 Å². The molecule has 5 heteroatoms. The standard InChI is InChI=1S/C16H20N2O3/c1-12-9-18(10-15(11-19)21-12)16(20)14(8-17)7-13-5-3-2-4-6-13/h2-6,12,14-15,19H,7,9-11H2,1H3. The van der Waals surface area contributed by atoms with Crippen molar-refractivity contribution in [3.8, 4) is 6.07 Å². The van der Waals surface area contributed by atoms with Crippen molar-refractivity contribution in [2.24, 2.45) is 5.92 Å².